The van der Waals surface area contributed by atoms with Gasteiger partial charge < -0.3 is 10.6 Å². The van der Waals surface area contributed by atoms with Gasteiger partial charge in [-0.1, -0.05) is 13.0 Å². The Morgan fingerprint density at radius 2 is 2.44 bits per heavy atom. The quantitative estimate of drug-likeness (QED) is 0.853. The molecule has 3 nitrogen and oxygen atoms in total. The van der Waals surface area contributed by atoms with Gasteiger partial charge in [-0.3, -0.25) is 4.79 Å². The second kappa shape index (κ2) is 6.23. The molecule has 0 bridgehead atoms. The fraction of sp³-hybridized carbons (Fsp3) is 0.545. The van der Waals surface area contributed by atoms with Gasteiger partial charge in [0.05, 0.1) is 4.88 Å². The smallest absolute Gasteiger partial charge is 0.261 e. The van der Waals surface area contributed by atoms with E-state index in [0.717, 1.165) is 24.4 Å². The molecule has 0 aromatic carbocycles. The Morgan fingerprint density at radius 1 is 1.62 bits per heavy atom. The predicted molar refractivity (Wildman–Crippen MR) is 69.5 cm³/mol. The monoisotopic (exact) mass is 260 g/mol. The van der Waals surface area contributed by atoms with E-state index in [2.05, 4.69) is 17.6 Å². The van der Waals surface area contributed by atoms with Gasteiger partial charge >= 0.3 is 0 Å². The van der Waals surface area contributed by atoms with Crippen molar-refractivity contribution in [3.05, 3.63) is 22.4 Å². The van der Waals surface area contributed by atoms with E-state index in [1.165, 1.54) is 11.3 Å². The number of piperidine rings is 1. The van der Waals surface area contributed by atoms with Gasteiger partial charge in [-0.25, -0.2) is 0 Å². The number of thiophene rings is 1. The minimum absolute atomic E-state index is 0. The largest absolute Gasteiger partial charge is 0.347 e. The molecule has 2 heterocycles. The standard InChI is InChI=1S/C11H16N2OS.ClH/c1-8-4-5-12-7-9(8)13-11(14)10-3-2-6-15-10;/h2-3,6,8-9,12H,4-5,7H2,1H3,(H,13,14);1H. The van der Waals surface area contributed by atoms with Crippen molar-refractivity contribution in [1.29, 1.82) is 0 Å². The molecule has 1 amide bonds. The summed E-state index contributed by atoms with van der Waals surface area (Å²) in [6.07, 6.45) is 1.13. The maximum atomic E-state index is 11.8. The molecule has 1 aromatic heterocycles. The molecule has 2 unspecified atom stereocenters. The molecule has 2 N–H and O–H groups in total. The van der Waals surface area contributed by atoms with E-state index in [1.54, 1.807) is 0 Å². The van der Waals surface area contributed by atoms with Gasteiger partial charge in [-0.05, 0) is 30.3 Å². The Bertz CT molecular complexity index is 329. The first-order valence-corrected chi connectivity index (χ1v) is 6.20. The zero-order chi connectivity index (χ0) is 10.7. The lowest BCUT2D eigenvalue weighted by molar-refractivity contribution is 0.0919. The molecule has 1 fully saturated rings. The lowest BCUT2D eigenvalue weighted by atomic mass is 9.95. The van der Waals surface area contributed by atoms with Crippen LogP contribution in [-0.4, -0.2) is 25.0 Å². The highest BCUT2D eigenvalue weighted by atomic mass is 35.5. The maximum Gasteiger partial charge on any atom is 0.261 e. The van der Waals surface area contributed by atoms with E-state index in [1.807, 2.05) is 17.5 Å². The fourth-order valence-corrected chi connectivity index (χ4v) is 2.46. The number of rotatable bonds is 2. The highest BCUT2D eigenvalue weighted by Gasteiger charge is 2.23. The third kappa shape index (κ3) is 3.20. The zero-order valence-electron chi connectivity index (χ0n) is 9.23. The maximum absolute atomic E-state index is 11.8. The highest BCUT2D eigenvalue weighted by molar-refractivity contribution is 7.12. The fourth-order valence-electron chi connectivity index (χ4n) is 1.83. The molecule has 2 rings (SSSR count). The van der Waals surface area contributed by atoms with Crippen LogP contribution < -0.4 is 10.6 Å². The summed E-state index contributed by atoms with van der Waals surface area (Å²) in [5, 5.41) is 8.31. The molecule has 5 heteroatoms. The van der Waals surface area contributed by atoms with Crippen molar-refractivity contribution in [3.63, 3.8) is 0 Å². The SMILES string of the molecule is CC1CCNCC1NC(=O)c1cccs1.Cl. The molecular formula is C11H17ClN2OS. The molecule has 1 aliphatic heterocycles. The van der Waals surface area contributed by atoms with E-state index < -0.39 is 0 Å². The van der Waals surface area contributed by atoms with E-state index >= 15 is 0 Å². The summed E-state index contributed by atoms with van der Waals surface area (Å²) >= 11 is 1.49. The van der Waals surface area contributed by atoms with Crippen molar-refractivity contribution in [3.8, 4) is 0 Å². The van der Waals surface area contributed by atoms with Crippen molar-refractivity contribution >= 4 is 29.7 Å². The number of nitrogens with one attached hydrogen (secondary N) is 2. The van der Waals surface area contributed by atoms with Crippen molar-refractivity contribution < 1.29 is 4.79 Å². The lowest BCUT2D eigenvalue weighted by Gasteiger charge is -2.30. The number of carbonyl (C=O) groups is 1. The Balaban J connectivity index is 0.00000128. The van der Waals surface area contributed by atoms with E-state index in [0.29, 0.717) is 5.92 Å². The number of amides is 1. The van der Waals surface area contributed by atoms with Gasteiger partial charge in [0, 0.05) is 12.6 Å². The van der Waals surface area contributed by atoms with E-state index in [4.69, 9.17) is 0 Å². The van der Waals surface area contributed by atoms with Gasteiger partial charge in [0.25, 0.3) is 5.91 Å². The number of halogens is 1. The average Bonchev–Trinajstić information content (AvgIpc) is 2.74. The summed E-state index contributed by atoms with van der Waals surface area (Å²) in [7, 11) is 0. The molecule has 0 radical (unpaired) electrons. The summed E-state index contributed by atoms with van der Waals surface area (Å²) in [6.45, 7) is 4.14. The van der Waals surface area contributed by atoms with Crippen LogP contribution in [0.25, 0.3) is 0 Å². The zero-order valence-corrected chi connectivity index (χ0v) is 10.9. The van der Waals surface area contributed by atoms with Crippen molar-refractivity contribution in [1.82, 2.24) is 10.6 Å². The van der Waals surface area contributed by atoms with Crippen LogP contribution in [0, 0.1) is 5.92 Å². The summed E-state index contributed by atoms with van der Waals surface area (Å²) < 4.78 is 0. The Labute approximate surface area is 106 Å². The van der Waals surface area contributed by atoms with Gasteiger partial charge in [0.1, 0.15) is 0 Å². The number of hydrogen-bond donors (Lipinski definition) is 2. The van der Waals surface area contributed by atoms with Crippen LogP contribution in [0.2, 0.25) is 0 Å². The normalized spacial score (nSPS) is 24.6. The van der Waals surface area contributed by atoms with Crippen LogP contribution in [0.1, 0.15) is 23.0 Å². The topological polar surface area (TPSA) is 41.1 Å². The molecule has 0 spiro atoms. The highest BCUT2D eigenvalue weighted by Crippen LogP contribution is 2.13. The Hall–Kier alpha value is -0.580. The van der Waals surface area contributed by atoms with Crippen LogP contribution in [0.3, 0.4) is 0 Å². The third-order valence-electron chi connectivity index (χ3n) is 2.89. The van der Waals surface area contributed by atoms with Crippen LogP contribution in [0.5, 0.6) is 0 Å². The molecule has 90 valence electrons. The minimum Gasteiger partial charge on any atom is -0.347 e. The first-order chi connectivity index (χ1) is 7.27. The lowest BCUT2D eigenvalue weighted by Crippen LogP contribution is -2.50. The van der Waals surface area contributed by atoms with Crippen LogP contribution >= 0.6 is 23.7 Å². The van der Waals surface area contributed by atoms with Crippen LogP contribution in [0.15, 0.2) is 17.5 Å². The Morgan fingerprint density at radius 3 is 3.06 bits per heavy atom. The second-order valence-corrected chi connectivity index (χ2v) is 4.98. The molecule has 0 saturated carbocycles. The second-order valence-electron chi connectivity index (χ2n) is 4.03. The number of hydrogen-bond acceptors (Lipinski definition) is 3. The van der Waals surface area contributed by atoms with Crippen molar-refractivity contribution in [2.45, 2.75) is 19.4 Å². The molecule has 1 saturated heterocycles. The first kappa shape index (κ1) is 13.5. The molecule has 2 atom stereocenters. The van der Waals surface area contributed by atoms with Crippen molar-refractivity contribution in [2.24, 2.45) is 5.92 Å². The van der Waals surface area contributed by atoms with E-state index in [-0.39, 0.29) is 24.4 Å². The van der Waals surface area contributed by atoms with E-state index in [9.17, 15) is 4.79 Å². The van der Waals surface area contributed by atoms with Gasteiger partial charge in [0.15, 0.2) is 0 Å². The third-order valence-corrected chi connectivity index (χ3v) is 3.76. The Kier molecular flexibility index (Phi) is 5.25. The first-order valence-electron chi connectivity index (χ1n) is 5.32. The number of carbonyl (C=O) groups excluding carboxylic acids is 1. The molecule has 1 aliphatic rings. The summed E-state index contributed by atoms with van der Waals surface area (Å²) in [5.74, 6) is 0.626. The summed E-state index contributed by atoms with van der Waals surface area (Å²) in [5.41, 5.74) is 0. The van der Waals surface area contributed by atoms with Crippen LogP contribution in [0.4, 0.5) is 0 Å². The van der Waals surface area contributed by atoms with Gasteiger partial charge in [0.2, 0.25) is 0 Å². The molecular weight excluding hydrogens is 244 g/mol. The van der Waals surface area contributed by atoms with Crippen LogP contribution in [-0.2, 0) is 0 Å². The predicted octanol–water partition coefficient (Wildman–Crippen LogP) is 1.90. The average molecular weight is 261 g/mol. The molecule has 16 heavy (non-hydrogen) atoms. The molecule has 0 aliphatic carbocycles. The summed E-state index contributed by atoms with van der Waals surface area (Å²) in [6, 6.07) is 4.04. The molecule has 1 aromatic rings. The van der Waals surface area contributed by atoms with Gasteiger partial charge in [-0.2, -0.15) is 0 Å². The van der Waals surface area contributed by atoms with Crippen molar-refractivity contribution in [2.75, 3.05) is 13.1 Å². The van der Waals surface area contributed by atoms with Gasteiger partial charge in [-0.15, -0.1) is 23.7 Å². The summed E-state index contributed by atoms with van der Waals surface area (Å²) in [4.78, 5) is 12.6. The minimum atomic E-state index is 0.